The van der Waals surface area contributed by atoms with Crippen LogP contribution >= 0.6 is 0 Å². The second-order valence-electron chi connectivity index (χ2n) is 2.62. The molecule has 0 atom stereocenters. The standard InChI is InChI=1S/C7H10N5/c1-3-12(4-2-8-1)7-10-5-9-6-11-7/h5,8H,1-4H2. The third kappa shape index (κ3) is 1.50. The molecule has 1 radical (unpaired) electrons. The molecule has 2 rings (SSSR count). The number of anilines is 1. The van der Waals surface area contributed by atoms with Gasteiger partial charge in [-0.05, 0) is 0 Å². The van der Waals surface area contributed by atoms with Crippen molar-refractivity contribution in [3.05, 3.63) is 12.7 Å². The molecule has 0 unspecified atom stereocenters. The molecule has 12 heavy (non-hydrogen) atoms. The molecule has 0 bridgehead atoms. The maximum Gasteiger partial charge on any atom is 0.229 e. The van der Waals surface area contributed by atoms with Crippen molar-refractivity contribution in [2.24, 2.45) is 0 Å². The minimum Gasteiger partial charge on any atom is -0.338 e. The zero-order valence-corrected chi connectivity index (χ0v) is 6.69. The van der Waals surface area contributed by atoms with Gasteiger partial charge >= 0.3 is 0 Å². The molecule has 1 saturated heterocycles. The van der Waals surface area contributed by atoms with Crippen LogP contribution in [-0.2, 0) is 0 Å². The van der Waals surface area contributed by atoms with E-state index in [9.17, 15) is 0 Å². The maximum atomic E-state index is 4.05. The summed E-state index contributed by atoms with van der Waals surface area (Å²) in [7, 11) is 0. The van der Waals surface area contributed by atoms with E-state index in [1.807, 2.05) is 0 Å². The molecule has 5 nitrogen and oxygen atoms in total. The summed E-state index contributed by atoms with van der Waals surface area (Å²) in [5.74, 6) is 0.728. The van der Waals surface area contributed by atoms with Gasteiger partial charge in [0.15, 0.2) is 0 Å². The first-order valence-corrected chi connectivity index (χ1v) is 3.97. The number of hydrogen-bond acceptors (Lipinski definition) is 5. The van der Waals surface area contributed by atoms with E-state index >= 15 is 0 Å². The van der Waals surface area contributed by atoms with Crippen LogP contribution in [0.5, 0.6) is 0 Å². The fourth-order valence-electron chi connectivity index (χ4n) is 1.23. The second kappa shape index (κ2) is 3.44. The third-order valence-corrected chi connectivity index (χ3v) is 1.84. The predicted octanol–water partition coefficient (Wildman–Crippen LogP) is -0.919. The van der Waals surface area contributed by atoms with Crippen LogP contribution in [0.4, 0.5) is 5.95 Å². The molecule has 0 spiro atoms. The molecule has 0 aliphatic carbocycles. The third-order valence-electron chi connectivity index (χ3n) is 1.84. The monoisotopic (exact) mass is 164 g/mol. The van der Waals surface area contributed by atoms with Crippen molar-refractivity contribution in [3.8, 4) is 0 Å². The fourth-order valence-corrected chi connectivity index (χ4v) is 1.23. The van der Waals surface area contributed by atoms with Crippen LogP contribution in [0.25, 0.3) is 0 Å². The van der Waals surface area contributed by atoms with Gasteiger partial charge in [0, 0.05) is 26.2 Å². The molecule has 0 amide bonds. The molecular weight excluding hydrogens is 154 g/mol. The minimum absolute atomic E-state index is 0.728. The molecule has 1 N–H and O–H groups in total. The van der Waals surface area contributed by atoms with Gasteiger partial charge in [-0.3, -0.25) is 0 Å². The maximum absolute atomic E-state index is 4.05. The first kappa shape index (κ1) is 7.42. The summed E-state index contributed by atoms with van der Waals surface area (Å²) in [5.41, 5.74) is 0. The van der Waals surface area contributed by atoms with Crippen LogP contribution in [0, 0.1) is 6.33 Å². The molecule has 1 aromatic heterocycles. The van der Waals surface area contributed by atoms with Crippen molar-refractivity contribution >= 4 is 5.95 Å². The largest absolute Gasteiger partial charge is 0.338 e. The van der Waals surface area contributed by atoms with Crippen molar-refractivity contribution in [3.63, 3.8) is 0 Å². The van der Waals surface area contributed by atoms with Gasteiger partial charge in [-0.1, -0.05) is 0 Å². The number of piperazine rings is 1. The van der Waals surface area contributed by atoms with Gasteiger partial charge in [0.1, 0.15) is 6.33 Å². The Hall–Kier alpha value is -1.23. The Morgan fingerprint density at radius 3 is 2.92 bits per heavy atom. The highest BCUT2D eigenvalue weighted by atomic mass is 15.3. The normalized spacial score (nSPS) is 17.8. The van der Waals surface area contributed by atoms with E-state index in [4.69, 9.17) is 0 Å². The van der Waals surface area contributed by atoms with E-state index in [1.165, 1.54) is 6.33 Å². The second-order valence-corrected chi connectivity index (χ2v) is 2.62. The van der Waals surface area contributed by atoms with Gasteiger partial charge in [0.05, 0.1) is 0 Å². The van der Waals surface area contributed by atoms with Gasteiger partial charge in [-0.25, -0.2) is 9.97 Å². The van der Waals surface area contributed by atoms with Crippen molar-refractivity contribution in [1.29, 1.82) is 0 Å². The average Bonchev–Trinajstić information content (AvgIpc) is 2.21. The highest BCUT2D eigenvalue weighted by Gasteiger charge is 2.11. The summed E-state index contributed by atoms with van der Waals surface area (Å²) in [6.07, 6.45) is 4.01. The Kier molecular flexibility index (Phi) is 2.13. The quantitative estimate of drug-likeness (QED) is 0.582. The number of hydrogen-bond donors (Lipinski definition) is 1. The predicted molar refractivity (Wildman–Crippen MR) is 43.7 cm³/mol. The molecular formula is C7H10N5. The summed E-state index contributed by atoms with van der Waals surface area (Å²) in [4.78, 5) is 13.8. The number of aromatic nitrogens is 3. The van der Waals surface area contributed by atoms with Gasteiger partial charge in [0.25, 0.3) is 0 Å². The highest BCUT2D eigenvalue weighted by Crippen LogP contribution is 2.03. The first-order chi connectivity index (χ1) is 5.97. The minimum atomic E-state index is 0.728. The molecule has 1 aliphatic rings. The van der Waals surface area contributed by atoms with Gasteiger partial charge in [-0.2, -0.15) is 4.98 Å². The Morgan fingerprint density at radius 2 is 2.25 bits per heavy atom. The van der Waals surface area contributed by atoms with Crippen molar-refractivity contribution < 1.29 is 0 Å². The highest BCUT2D eigenvalue weighted by molar-refractivity contribution is 5.27. The van der Waals surface area contributed by atoms with Gasteiger partial charge in [0.2, 0.25) is 12.3 Å². The lowest BCUT2D eigenvalue weighted by Gasteiger charge is -2.26. The van der Waals surface area contributed by atoms with Crippen LogP contribution in [0.15, 0.2) is 6.33 Å². The van der Waals surface area contributed by atoms with Crippen molar-refractivity contribution in [1.82, 2.24) is 20.3 Å². The van der Waals surface area contributed by atoms with Crippen LogP contribution in [-0.4, -0.2) is 41.1 Å². The number of nitrogens with one attached hydrogen (secondary N) is 1. The van der Waals surface area contributed by atoms with Crippen LogP contribution in [0.1, 0.15) is 0 Å². The molecule has 1 fully saturated rings. The van der Waals surface area contributed by atoms with Crippen molar-refractivity contribution in [2.45, 2.75) is 0 Å². The average molecular weight is 164 g/mol. The molecule has 1 aliphatic heterocycles. The number of rotatable bonds is 1. The molecule has 5 heteroatoms. The topological polar surface area (TPSA) is 53.9 Å². The lowest BCUT2D eigenvalue weighted by molar-refractivity contribution is 0.578. The van der Waals surface area contributed by atoms with Crippen LogP contribution in [0.3, 0.4) is 0 Å². The Bertz CT molecular complexity index is 231. The van der Waals surface area contributed by atoms with E-state index in [-0.39, 0.29) is 0 Å². The summed E-state index contributed by atoms with van der Waals surface area (Å²) in [6, 6.07) is 0. The Morgan fingerprint density at radius 1 is 1.42 bits per heavy atom. The van der Waals surface area contributed by atoms with Crippen molar-refractivity contribution in [2.75, 3.05) is 31.1 Å². The van der Waals surface area contributed by atoms with E-state index < -0.39 is 0 Å². The van der Waals surface area contributed by atoms with Gasteiger partial charge < -0.3 is 10.2 Å². The zero-order valence-electron chi connectivity index (χ0n) is 6.69. The zero-order chi connectivity index (χ0) is 8.23. The first-order valence-electron chi connectivity index (χ1n) is 3.97. The fraction of sp³-hybridized carbons (Fsp3) is 0.571. The molecule has 1 aromatic rings. The molecule has 63 valence electrons. The SMILES string of the molecule is [c]1ncnc(N2CCNCC2)n1. The Labute approximate surface area is 70.9 Å². The van der Waals surface area contributed by atoms with E-state index in [0.717, 1.165) is 32.1 Å². The van der Waals surface area contributed by atoms with E-state index in [0.29, 0.717) is 0 Å². The van der Waals surface area contributed by atoms with E-state index in [2.05, 4.69) is 31.5 Å². The van der Waals surface area contributed by atoms with E-state index in [1.54, 1.807) is 0 Å². The summed E-state index contributed by atoms with van der Waals surface area (Å²) in [6.45, 7) is 3.90. The number of nitrogens with zero attached hydrogens (tertiary/aromatic N) is 4. The van der Waals surface area contributed by atoms with Crippen LogP contribution in [0.2, 0.25) is 0 Å². The lowest BCUT2D eigenvalue weighted by atomic mass is 10.4. The molecule has 0 aromatic carbocycles. The lowest BCUT2D eigenvalue weighted by Crippen LogP contribution is -2.44. The van der Waals surface area contributed by atoms with Gasteiger partial charge in [-0.15, -0.1) is 0 Å². The smallest absolute Gasteiger partial charge is 0.229 e. The summed E-state index contributed by atoms with van der Waals surface area (Å²) < 4.78 is 0. The van der Waals surface area contributed by atoms with Crippen LogP contribution < -0.4 is 10.2 Å². The molecule has 0 saturated carbocycles. The summed E-state index contributed by atoms with van der Waals surface area (Å²) >= 11 is 0. The summed E-state index contributed by atoms with van der Waals surface area (Å²) in [5, 5.41) is 3.26. The molecule has 2 heterocycles. The Balaban J connectivity index is 2.08.